The third-order valence-corrected chi connectivity index (χ3v) is 5.16. The summed E-state index contributed by atoms with van der Waals surface area (Å²) in [5.41, 5.74) is -1.07. The number of ketones is 1. The Bertz CT molecular complexity index is 939. The maximum atomic E-state index is 13.0. The lowest BCUT2D eigenvalue weighted by molar-refractivity contribution is -0.151. The third kappa shape index (κ3) is 5.09. The highest BCUT2D eigenvalue weighted by Crippen LogP contribution is 2.37. The molecule has 0 saturated heterocycles. The van der Waals surface area contributed by atoms with Crippen molar-refractivity contribution in [1.82, 2.24) is 5.32 Å². The van der Waals surface area contributed by atoms with Crippen LogP contribution in [-0.2, 0) is 14.3 Å². The lowest BCUT2D eigenvalue weighted by atomic mass is 9.76. The largest absolute Gasteiger partial charge is 0.463 e. The van der Waals surface area contributed by atoms with E-state index in [-0.39, 0.29) is 18.8 Å². The summed E-state index contributed by atoms with van der Waals surface area (Å²) >= 11 is 3.43. The number of amides is 1. The third-order valence-electron chi connectivity index (χ3n) is 4.44. The highest BCUT2D eigenvalue weighted by molar-refractivity contribution is 9.10. The van der Waals surface area contributed by atoms with Crippen LogP contribution in [0.4, 0.5) is 0 Å². The second kappa shape index (κ2) is 9.99. The predicted molar refractivity (Wildman–Crippen MR) is 111 cm³/mol. The number of esters is 1. The number of rotatable bonds is 8. The topological polar surface area (TPSA) is 96.3 Å². The molecule has 7 heteroatoms. The Hall–Kier alpha value is -2.98. The highest BCUT2D eigenvalue weighted by Gasteiger charge is 2.50. The van der Waals surface area contributed by atoms with Crippen molar-refractivity contribution in [3.63, 3.8) is 0 Å². The van der Waals surface area contributed by atoms with Gasteiger partial charge in [-0.15, -0.1) is 0 Å². The fourth-order valence-corrected chi connectivity index (χ4v) is 3.70. The number of benzene rings is 2. The number of ether oxygens (including phenoxy) is 1. The molecule has 2 rings (SSSR count). The zero-order chi connectivity index (χ0) is 21.4. The van der Waals surface area contributed by atoms with Gasteiger partial charge in [0.2, 0.25) is 11.4 Å². The van der Waals surface area contributed by atoms with Crippen LogP contribution < -0.4 is 5.32 Å². The Balaban J connectivity index is 2.63. The lowest BCUT2D eigenvalue weighted by Crippen LogP contribution is -2.58. The Labute approximate surface area is 178 Å². The summed E-state index contributed by atoms with van der Waals surface area (Å²) in [5, 5.41) is 12.5. The minimum Gasteiger partial charge on any atom is -0.463 e. The van der Waals surface area contributed by atoms with E-state index in [2.05, 4.69) is 21.2 Å². The van der Waals surface area contributed by atoms with Crippen molar-refractivity contribution in [3.05, 3.63) is 70.2 Å². The van der Waals surface area contributed by atoms with E-state index in [9.17, 15) is 19.6 Å². The molecule has 2 aromatic carbocycles. The smallest absolute Gasteiger partial charge is 0.347 e. The molecule has 0 saturated carbocycles. The van der Waals surface area contributed by atoms with Crippen LogP contribution >= 0.6 is 15.9 Å². The number of Topliss-reactive ketones (excluding diaryl/α,β-unsaturated/α-hetero) is 1. The van der Waals surface area contributed by atoms with E-state index >= 15 is 0 Å². The first kappa shape index (κ1) is 22.3. The van der Waals surface area contributed by atoms with Gasteiger partial charge in [-0.25, -0.2) is 4.79 Å². The molecule has 1 N–H and O–H groups in total. The van der Waals surface area contributed by atoms with Crippen molar-refractivity contribution in [1.29, 1.82) is 5.26 Å². The van der Waals surface area contributed by atoms with Crippen molar-refractivity contribution in [2.45, 2.75) is 31.7 Å². The number of nitriles is 1. The maximum Gasteiger partial charge on any atom is 0.347 e. The summed E-state index contributed by atoms with van der Waals surface area (Å²) in [5.74, 6) is -2.72. The van der Waals surface area contributed by atoms with E-state index in [1.165, 1.54) is 6.92 Å². The average molecular weight is 457 g/mol. The van der Waals surface area contributed by atoms with Gasteiger partial charge in [0, 0.05) is 29.3 Å². The van der Waals surface area contributed by atoms with Crippen molar-refractivity contribution in [2.75, 3.05) is 6.61 Å². The van der Waals surface area contributed by atoms with Crippen molar-refractivity contribution >= 4 is 33.6 Å². The summed E-state index contributed by atoms with van der Waals surface area (Å²) in [6.07, 6.45) is -0.181. The quantitative estimate of drug-likeness (QED) is 0.481. The first-order valence-corrected chi connectivity index (χ1v) is 9.85. The molecule has 29 heavy (non-hydrogen) atoms. The number of halogens is 1. The van der Waals surface area contributed by atoms with Gasteiger partial charge in [-0.2, -0.15) is 5.26 Å². The van der Waals surface area contributed by atoms with Gasteiger partial charge < -0.3 is 10.1 Å². The fraction of sp³-hybridized carbons (Fsp3) is 0.273. The van der Waals surface area contributed by atoms with E-state index in [0.717, 1.165) is 0 Å². The molecule has 0 bridgehead atoms. The summed E-state index contributed by atoms with van der Waals surface area (Å²) in [4.78, 5) is 37.8. The molecule has 150 valence electrons. The zero-order valence-electron chi connectivity index (χ0n) is 16.1. The van der Waals surface area contributed by atoms with Gasteiger partial charge in [0.25, 0.3) is 0 Å². The fourth-order valence-electron chi connectivity index (χ4n) is 3.14. The van der Waals surface area contributed by atoms with Gasteiger partial charge in [0.1, 0.15) is 6.07 Å². The maximum absolute atomic E-state index is 13.0. The average Bonchev–Trinajstić information content (AvgIpc) is 2.71. The SMILES string of the molecule is CCOC(=O)C(C#N)(NC(C)=O)C(CC(=O)c1ccccc1)c1ccccc1Br. The van der Waals surface area contributed by atoms with Crippen molar-refractivity contribution < 1.29 is 19.1 Å². The number of carbonyl (C=O) groups excluding carboxylic acids is 3. The number of nitrogens with zero attached hydrogens (tertiary/aromatic N) is 1. The summed E-state index contributed by atoms with van der Waals surface area (Å²) in [6, 6.07) is 17.5. The molecular formula is C22H21BrN2O4. The molecule has 0 radical (unpaired) electrons. The number of nitrogens with one attached hydrogen (secondary N) is 1. The summed E-state index contributed by atoms with van der Waals surface area (Å²) < 4.78 is 5.74. The van der Waals surface area contributed by atoms with Gasteiger partial charge in [0.05, 0.1) is 6.61 Å². The number of hydrogen-bond donors (Lipinski definition) is 1. The minimum atomic E-state index is -2.06. The monoisotopic (exact) mass is 456 g/mol. The first-order valence-electron chi connectivity index (χ1n) is 9.05. The molecule has 0 aromatic heterocycles. The van der Waals surface area contributed by atoms with Crippen molar-refractivity contribution in [3.8, 4) is 6.07 Å². The zero-order valence-corrected chi connectivity index (χ0v) is 17.7. The Morgan fingerprint density at radius 1 is 1.14 bits per heavy atom. The van der Waals surface area contributed by atoms with Crippen LogP contribution in [0.1, 0.15) is 42.1 Å². The van der Waals surface area contributed by atoms with Crippen LogP contribution in [0.5, 0.6) is 0 Å². The molecule has 0 aliphatic carbocycles. The predicted octanol–water partition coefficient (Wildman–Crippen LogP) is 3.77. The summed E-state index contributed by atoms with van der Waals surface area (Å²) in [6.45, 7) is 2.84. The van der Waals surface area contributed by atoms with Crippen LogP contribution in [-0.4, -0.2) is 29.8 Å². The summed E-state index contributed by atoms with van der Waals surface area (Å²) in [7, 11) is 0. The number of carbonyl (C=O) groups is 3. The van der Waals surface area contributed by atoms with Crippen LogP contribution in [0.25, 0.3) is 0 Å². The molecule has 2 aromatic rings. The van der Waals surface area contributed by atoms with Gasteiger partial charge in [-0.1, -0.05) is 64.5 Å². The first-order chi connectivity index (χ1) is 13.9. The molecule has 0 aliphatic heterocycles. The molecule has 1 amide bonds. The number of hydrogen-bond acceptors (Lipinski definition) is 5. The van der Waals surface area contributed by atoms with E-state index in [4.69, 9.17) is 4.74 Å². The van der Waals surface area contributed by atoms with Crippen molar-refractivity contribution in [2.24, 2.45) is 0 Å². The van der Waals surface area contributed by atoms with Gasteiger partial charge in [0.15, 0.2) is 5.78 Å². The molecule has 0 spiro atoms. The molecule has 6 nitrogen and oxygen atoms in total. The molecule has 0 fully saturated rings. The van der Waals surface area contributed by atoms with Gasteiger partial charge in [-0.05, 0) is 18.6 Å². The Morgan fingerprint density at radius 3 is 2.31 bits per heavy atom. The highest BCUT2D eigenvalue weighted by atomic mass is 79.9. The normalized spacial score (nSPS) is 13.4. The molecule has 0 heterocycles. The van der Waals surface area contributed by atoms with E-state index in [1.54, 1.807) is 61.5 Å². The van der Waals surface area contributed by atoms with E-state index < -0.39 is 23.3 Å². The van der Waals surface area contributed by atoms with Crippen LogP contribution in [0.3, 0.4) is 0 Å². The van der Waals surface area contributed by atoms with Crippen LogP contribution in [0.15, 0.2) is 59.1 Å². The van der Waals surface area contributed by atoms with Gasteiger partial charge in [-0.3, -0.25) is 9.59 Å². The molecule has 2 atom stereocenters. The lowest BCUT2D eigenvalue weighted by Gasteiger charge is -2.33. The standard InChI is InChI=1S/C22H21BrN2O4/c1-3-29-21(28)22(14-24,25-15(2)26)18(17-11-7-8-12-19(17)23)13-20(27)16-9-5-4-6-10-16/h4-12,18H,3,13H2,1-2H3,(H,25,26). The van der Waals surface area contributed by atoms with E-state index in [0.29, 0.717) is 15.6 Å². The molecule has 2 unspecified atom stereocenters. The Kier molecular flexibility index (Phi) is 7.68. The second-order valence-corrected chi connectivity index (χ2v) is 7.24. The minimum absolute atomic E-state index is 0.0250. The molecule has 0 aliphatic rings. The van der Waals surface area contributed by atoms with Gasteiger partial charge >= 0.3 is 5.97 Å². The second-order valence-electron chi connectivity index (χ2n) is 6.39. The van der Waals surface area contributed by atoms with E-state index in [1.807, 2.05) is 6.07 Å². The van der Waals surface area contributed by atoms with Crippen LogP contribution in [0.2, 0.25) is 0 Å². The van der Waals surface area contributed by atoms with Crippen LogP contribution in [0, 0.1) is 11.3 Å². The molecular weight excluding hydrogens is 436 g/mol. The Morgan fingerprint density at radius 2 is 1.76 bits per heavy atom.